The van der Waals surface area contributed by atoms with E-state index in [0.29, 0.717) is 18.3 Å². The van der Waals surface area contributed by atoms with Gasteiger partial charge in [0.25, 0.3) is 0 Å². The fraction of sp³-hybridized carbons (Fsp3) is 0.909. The monoisotopic (exact) mass is 219 g/mol. The lowest BCUT2D eigenvalue weighted by atomic mass is 10.2. The third-order valence-electron chi connectivity index (χ3n) is 2.22. The van der Waals surface area contributed by atoms with Crippen molar-refractivity contribution >= 4 is 17.5 Å². The van der Waals surface area contributed by atoms with E-state index < -0.39 is 0 Å². The van der Waals surface area contributed by atoms with Gasteiger partial charge in [-0.15, -0.1) is 11.6 Å². The molecule has 84 valence electrons. The second-order valence-corrected chi connectivity index (χ2v) is 4.20. The second-order valence-electron chi connectivity index (χ2n) is 3.83. The third-order valence-corrected chi connectivity index (χ3v) is 2.49. The van der Waals surface area contributed by atoms with Crippen LogP contribution in [0.1, 0.15) is 46.5 Å². The van der Waals surface area contributed by atoms with Crippen LogP contribution in [0.5, 0.6) is 0 Å². The lowest BCUT2D eigenvalue weighted by molar-refractivity contribution is -0.133. The van der Waals surface area contributed by atoms with Crippen LogP contribution in [0.2, 0.25) is 0 Å². The molecule has 3 heteroatoms. The van der Waals surface area contributed by atoms with Crippen molar-refractivity contribution in [3.8, 4) is 0 Å². The molecular formula is C11H22ClNO. The minimum Gasteiger partial charge on any atom is -0.340 e. The highest BCUT2D eigenvalue weighted by Gasteiger charge is 2.15. The van der Waals surface area contributed by atoms with E-state index >= 15 is 0 Å². The molecule has 1 amide bonds. The normalized spacial score (nSPS) is 10.6. The van der Waals surface area contributed by atoms with Crippen LogP contribution in [0.15, 0.2) is 0 Å². The van der Waals surface area contributed by atoms with Crippen LogP contribution in [0, 0.1) is 0 Å². The maximum absolute atomic E-state index is 11.7. The predicted molar refractivity (Wildman–Crippen MR) is 61.7 cm³/mol. The molecule has 0 N–H and O–H groups in total. The van der Waals surface area contributed by atoms with Crippen LogP contribution >= 0.6 is 11.6 Å². The van der Waals surface area contributed by atoms with E-state index in [0.717, 1.165) is 25.8 Å². The van der Waals surface area contributed by atoms with Crippen LogP contribution in [0.3, 0.4) is 0 Å². The van der Waals surface area contributed by atoms with E-state index in [1.165, 1.54) is 0 Å². The molecule has 0 aromatic carbocycles. The SMILES string of the molecule is CCCCC(=O)N(CCCCl)C(C)C. The van der Waals surface area contributed by atoms with Gasteiger partial charge < -0.3 is 4.90 Å². The highest BCUT2D eigenvalue weighted by molar-refractivity contribution is 6.17. The van der Waals surface area contributed by atoms with Crippen molar-refractivity contribution in [3.63, 3.8) is 0 Å². The molecule has 0 atom stereocenters. The summed E-state index contributed by atoms with van der Waals surface area (Å²) in [4.78, 5) is 13.7. The van der Waals surface area contributed by atoms with Crippen LogP contribution in [-0.2, 0) is 4.79 Å². The summed E-state index contributed by atoms with van der Waals surface area (Å²) in [6.07, 6.45) is 3.63. The van der Waals surface area contributed by atoms with E-state index in [2.05, 4.69) is 20.8 Å². The Kier molecular flexibility index (Phi) is 7.96. The first-order chi connectivity index (χ1) is 6.63. The van der Waals surface area contributed by atoms with Gasteiger partial charge in [-0.3, -0.25) is 4.79 Å². The zero-order chi connectivity index (χ0) is 11.0. The Morgan fingerprint density at radius 1 is 1.36 bits per heavy atom. The molecule has 0 aliphatic carbocycles. The molecule has 0 heterocycles. The maximum atomic E-state index is 11.7. The Morgan fingerprint density at radius 2 is 2.00 bits per heavy atom. The Hall–Kier alpha value is -0.240. The lowest BCUT2D eigenvalue weighted by Crippen LogP contribution is -2.37. The number of rotatable bonds is 7. The van der Waals surface area contributed by atoms with Gasteiger partial charge in [0, 0.05) is 24.9 Å². The van der Waals surface area contributed by atoms with Gasteiger partial charge in [0.15, 0.2) is 0 Å². The Balaban J connectivity index is 3.98. The smallest absolute Gasteiger partial charge is 0.222 e. The van der Waals surface area contributed by atoms with Crippen molar-refractivity contribution in [2.24, 2.45) is 0 Å². The summed E-state index contributed by atoms with van der Waals surface area (Å²) in [7, 11) is 0. The van der Waals surface area contributed by atoms with Gasteiger partial charge in [0.05, 0.1) is 0 Å². The molecule has 0 rings (SSSR count). The van der Waals surface area contributed by atoms with Crippen molar-refractivity contribution in [2.45, 2.75) is 52.5 Å². The quantitative estimate of drug-likeness (QED) is 0.603. The van der Waals surface area contributed by atoms with Gasteiger partial charge in [-0.05, 0) is 26.7 Å². The molecule has 0 aromatic heterocycles. The number of carbonyl (C=O) groups excluding carboxylic acids is 1. The average molecular weight is 220 g/mol. The number of hydrogen-bond acceptors (Lipinski definition) is 1. The molecule has 0 fully saturated rings. The number of amides is 1. The number of halogens is 1. The van der Waals surface area contributed by atoms with Crippen LogP contribution in [0.4, 0.5) is 0 Å². The fourth-order valence-corrected chi connectivity index (χ4v) is 1.49. The molecule has 0 aromatic rings. The average Bonchev–Trinajstić information content (AvgIpc) is 2.14. The number of hydrogen-bond donors (Lipinski definition) is 0. The van der Waals surface area contributed by atoms with E-state index in [1.54, 1.807) is 0 Å². The summed E-state index contributed by atoms with van der Waals surface area (Å²) < 4.78 is 0. The number of nitrogens with zero attached hydrogens (tertiary/aromatic N) is 1. The fourth-order valence-electron chi connectivity index (χ4n) is 1.37. The van der Waals surface area contributed by atoms with Crippen LogP contribution in [0.25, 0.3) is 0 Å². The molecule has 0 bridgehead atoms. The second kappa shape index (κ2) is 8.10. The topological polar surface area (TPSA) is 20.3 Å². The van der Waals surface area contributed by atoms with E-state index in [1.807, 2.05) is 4.90 Å². The molecule has 0 aliphatic heterocycles. The van der Waals surface area contributed by atoms with Gasteiger partial charge in [0.2, 0.25) is 5.91 Å². The third kappa shape index (κ3) is 5.48. The molecule has 0 spiro atoms. The number of carbonyl (C=O) groups is 1. The molecule has 0 aliphatic rings. The van der Waals surface area contributed by atoms with E-state index in [-0.39, 0.29) is 5.91 Å². The molecule has 0 saturated heterocycles. The van der Waals surface area contributed by atoms with Gasteiger partial charge in [-0.25, -0.2) is 0 Å². The van der Waals surface area contributed by atoms with Crippen molar-refractivity contribution in [2.75, 3.05) is 12.4 Å². The number of alkyl halides is 1. The van der Waals surface area contributed by atoms with Gasteiger partial charge >= 0.3 is 0 Å². The molecule has 0 radical (unpaired) electrons. The van der Waals surface area contributed by atoms with Crippen LogP contribution in [-0.4, -0.2) is 29.3 Å². The van der Waals surface area contributed by atoms with E-state index in [9.17, 15) is 4.79 Å². The highest BCUT2D eigenvalue weighted by atomic mass is 35.5. The molecule has 14 heavy (non-hydrogen) atoms. The Bertz CT molecular complexity index is 159. The Labute approximate surface area is 92.6 Å². The zero-order valence-corrected chi connectivity index (χ0v) is 10.3. The summed E-state index contributed by atoms with van der Waals surface area (Å²) in [6, 6.07) is 0.294. The van der Waals surface area contributed by atoms with Crippen molar-refractivity contribution in [3.05, 3.63) is 0 Å². The molecule has 2 nitrogen and oxygen atoms in total. The standard InChI is InChI=1S/C11H22ClNO/c1-4-5-7-11(14)13(10(2)3)9-6-8-12/h10H,4-9H2,1-3H3. The number of unbranched alkanes of at least 4 members (excludes halogenated alkanes) is 1. The first-order valence-electron chi connectivity index (χ1n) is 5.48. The first kappa shape index (κ1) is 13.8. The zero-order valence-electron chi connectivity index (χ0n) is 9.55. The molecule has 0 unspecified atom stereocenters. The maximum Gasteiger partial charge on any atom is 0.222 e. The summed E-state index contributed by atoms with van der Waals surface area (Å²) in [5.41, 5.74) is 0. The summed E-state index contributed by atoms with van der Waals surface area (Å²) >= 11 is 5.62. The van der Waals surface area contributed by atoms with Crippen molar-refractivity contribution < 1.29 is 4.79 Å². The Morgan fingerprint density at radius 3 is 2.43 bits per heavy atom. The van der Waals surface area contributed by atoms with Crippen LogP contribution < -0.4 is 0 Å². The van der Waals surface area contributed by atoms with Gasteiger partial charge in [0.1, 0.15) is 0 Å². The van der Waals surface area contributed by atoms with E-state index in [4.69, 9.17) is 11.6 Å². The summed E-state index contributed by atoms with van der Waals surface area (Å²) in [5.74, 6) is 0.900. The molecular weight excluding hydrogens is 198 g/mol. The summed E-state index contributed by atoms with van der Waals surface area (Å²) in [5, 5.41) is 0. The summed E-state index contributed by atoms with van der Waals surface area (Å²) in [6.45, 7) is 7.01. The van der Waals surface area contributed by atoms with Gasteiger partial charge in [-0.1, -0.05) is 13.3 Å². The van der Waals surface area contributed by atoms with Gasteiger partial charge in [-0.2, -0.15) is 0 Å². The molecule has 0 saturated carbocycles. The van der Waals surface area contributed by atoms with Crippen molar-refractivity contribution in [1.82, 2.24) is 4.90 Å². The highest BCUT2D eigenvalue weighted by Crippen LogP contribution is 2.06. The first-order valence-corrected chi connectivity index (χ1v) is 6.02. The predicted octanol–water partition coefficient (Wildman–Crippen LogP) is 3.04. The van der Waals surface area contributed by atoms with Crippen molar-refractivity contribution in [1.29, 1.82) is 0 Å². The largest absolute Gasteiger partial charge is 0.340 e. The minimum absolute atomic E-state index is 0.270. The lowest BCUT2D eigenvalue weighted by Gasteiger charge is -2.26. The minimum atomic E-state index is 0.270.